The minimum absolute atomic E-state index is 0.182. The van der Waals surface area contributed by atoms with Crippen LogP contribution < -0.4 is 0 Å². The van der Waals surface area contributed by atoms with Gasteiger partial charge in [-0.05, 0) is 24.1 Å². The van der Waals surface area contributed by atoms with Gasteiger partial charge >= 0.3 is 5.97 Å². The third-order valence-electron chi connectivity index (χ3n) is 2.20. The van der Waals surface area contributed by atoms with E-state index in [1.807, 2.05) is 13.0 Å². The molecule has 2 aromatic heterocycles. The lowest BCUT2D eigenvalue weighted by Crippen LogP contribution is -2.11. The molecule has 16 heavy (non-hydrogen) atoms. The van der Waals surface area contributed by atoms with E-state index in [0.29, 0.717) is 6.54 Å². The fourth-order valence-corrected chi connectivity index (χ4v) is 1.52. The minimum atomic E-state index is -0.974. The van der Waals surface area contributed by atoms with Crippen molar-refractivity contribution in [3.05, 3.63) is 47.5 Å². The first-order valence-corrected chi connectivity index (χ1v) is 4.82. The van der Waals surface area contributed by atoms with Crippen molar-refractivity contribution in [1.82, 2.24) is 14.8 Å². The number of aromatic nitrogens is 3. The van der Waals surface area contributed by atoms with Crippen LogP contribution in [0, 0.1) is 6.92 Å². The van der Waals surface area contributed by atoms with Crippen LogP contribution in [-0.4, -0.2) is 25.8 Å². The van der Waals surface area contributed by atoms with E-state index in [1.54, 1.807) is 12.4 Å². The first kappa shape index (κ1) is 10.4. The van der Waals surface area contributed by atoms with Crippen molar-refractivity contribution in [3.63, 3.8) is 0 Å². The molecule has 0 aliphatic carbocycles. The van der Waals surface area contributed by atoms with Crippen LogP contribution in [-0.2, 0) is 6.54 Å². The smallest absolute Gasteiger partial charge is 0.354 e. The third-order valence-corrected chi connectivity index (χ3v) is 2.20. The molecule has 0 saturated heterocycles. The molecule has 2 heterocycles. The maximum atomic E-state index is 10.9. The minimum Gasteiger partial charge on any atom is -0.477 e. The lowest BCUT2D eigenvalue weighted by Gasteiger charge is -2.04. The molecule has 0 unspecified atom stereocenters. The molecule has 0 radical (unpaired) electrons. The Morgan fingerprint density at radius 1 is 1.50 bits per heavy atom. The highest BCUT2D eigenvalue weighted by molar-refractivity contribution is 5.85. The summed E-state index contributed by atoms with van der Waals surface area (Å²) < 4.78 is 1.44. The Bertz CT molecular complexity index is 519. The molecule has 0 bridgehead atoms. The quantitative estimate of drug-likeness (QED) is 0.842. The van der Waals surface area contributed by atoms with E-state index in [2.05, 4.69) is 10.1 Å². The third kappa shape index (κ3) is 2.08. The van der Waals surface area contributed by atoms with Gasteiger partial charge in [0.1, 0.15) is 5.69 Å². The zero-order chi connectivity index (χ0) is 11.5. The summed E-state index contributed by atoms with van der Waals surface area (Å²) >= 11 is 0. The molecular weight excluding hydrogens is 206 g/mol. The molecule has 0 atom stereocenters. The molecule has 0 amide bonds. The predicted octanol–water partition coefficient (Wildman–Crippen LogP) is 1.33. The summed E-state index contributed by atoms with van der Waals surface area (Å²) in [6.45, 7) is 2.36. The number of pyridine rings is 1. The van der Waals surface area contributed by atoms with Gasteiger partial charge in [0.05, 0.1) is 6.54 Å². The van der Waals surface area contributed by atoms with Gasteiger partial charge in [-0.25, -0.2) is 4.79 Å². The van der Waals surface area contributed by atoms with Gasteiger partial charge < -0.3 is 5.11 Å². The number of carbonyl (C=O) groups is 1. The highest BCUT2D eigenvalue weighted by Gasteiger charge is 2.10. The van der Waals surface area contributed by atoms with Crippen molar-refractivity contribution in [2.24, 2.45) is 0 Å². The number of aromatic carboxylic acids is 1. The van der Waals surface area contributed by atoms with Gasteiger partial charge in [-0.3, -0.25) is 9.67 Å². The van der Waals surface area contributed by atoms with E-state index in [1.165, 1.54) is 16.9 Å². The molecule has 0 aromatic carbocycles. The average Bonchev–Trinajstić information content (AvgIpc) is 2.66. The number of nitrogens with zero attached hydrogens (tertiary/aromatic N) is 3. The fourth-order valence-electron chi connectivity index (χ4n) is 1.52. The van der Waals surface area contributed by atoms with Crippen LogP contribution in [0.15, 0.2) is 30.7 Å². The first-order chi connectivity index (χ1) is 7.66. The standard InChI is InChI=1S/C11H11N3O2/c1-8-4-9(6-12-5-8)7-14-10(11(15)16)2-3-13-14/h2-6H,7H2,1H3,(H,15,16). The topological polar surface area (TPSA) is 68.0 Å². The SMILES string of the molecule is Cc1cncc(Cn2nccc2C(=O)O)c1. The Balaban J connectivity index is 2.27. The van der Waals surface area contributed by atoms with Gasteiger partial charge in [0.15, 0.2) is 0 Å². The van der Waals surface area contributed by atoms with Gasteiger partial charge in [0.2, 0.25) is 0 Å². The molecule has 0 spiro atoms. The monoisotopic (exact) mass is 217 g/mol. The Labute approximate surface area is 92.4 Å². The largest absolute Gasteiger partial charge is 0.477 e. The summed E-state index contributed by atoms with van der Waals surface area (Å²) in [6.07, 6.45) is 4.94. The van der Waals surface area contributed by atoms with Crippen LogP contribution in [0.3, 0.4) is 0 Å². The van der Waals surface area contributed by atoms with E-state index < -0.39 is 5.97 Å². The average molecular weight is 217 g/mol. The van der Waals surface area contributed by atoms with E-state index in [0.717, 1.165) is 11.1 Å². The first-order valence-electron chi connectivity index (χ1n) is 4.82. The Kier molecular flexibility index (Phi) is 2.68. The van der Waals surface area contributed by atoms with E-state index >= 15 is 0 Å². The molecule has 0 aliphatic rings. The maximum Gasteiger partial charge on any atom is 0.354 e. The van der Waals surface area contributed by atoms with E-state index in [4.69, 9.17) is 5.11 Å². The number of hydrogen-bond acceptors (Lipinski definition) is 3. The lowest BCUT2D eigenvalue weighted by atomic mass is 10.2. The van der Waals surface area contributed by atoms with Crippen LogP contribution in [0.2, 0.25) is 0 Å². The van der Waals surface area contributed by atoms with Crippen LogP contribution >= 0.6 is 0 Å². The van der Waals surface area contributed by atoms with Crippen molar-refractivity contribution in [1.29, 1.82) is 0 Å². The summed E-state index contributed by atoms with van der Waals surface area (Å²) in [5, 5.41) is 12.9. The van der Waals surface area contributed by atoms with Crippen molar-refractivity contribution in [3.8, 4) is 0 Å². The molecular formula is C11H11N3O2. The number of rotatable bonds is 3. The van der Waals surface area contributed by atoms with Gasteiger partial charge in [0.25, 0.3) is 0 Å². The number of carboxylic acids is 1. The van der Waals surface area contributed by atoms with Crippen molar-refractivity contribution in [2.45, 2.75) is 13.5 Å². The van der Waals surface area contributed by atoms with E-state index in [-0.39, 0.29) is 5.69 Å². The number of aryl methyl sites for hydroxylation is 1. The summed E-state index contributed by atoms with van der Waals surface area (Å²) in [5.41, 5.74) is 2.16. The van der Waals surface area contributed by atoms with Gasteiger partial charge in [-0.15, -0.1) is 0 Å². The molecule has 2 rings (SSSR count). The zero-order valence-corrected chi connectivity index (χ0v) is 8.79. The summed E-state index contributed by atoms with van der Waals surface area (Å²) in [5.74, 6) is -0.974. The van der Waals surface area contributed by atoms with Crippen LogP contribution in [0.4, 0.5) is 0 Å². The number of hydrogen-bond donors (Lipinski definition) is 1. The molecule has 5 heteroatoms. The van der Waals surface area contributed by atoms with Gasteiger partial charge in [-0.2, -0.15) is 5.10 Å². The highest BCUT2D eigenvalue weighted by Crippen LogP contribution is 2.06. The van der Waals surface area contributed by atoms with Crippen LogP contribution in [0.1, 0.15) is 21.6 Å². The second-order valence-corrected chi connectivity index (χ2v) is 3.55. The fraction of sp³-hybridized carbons (Fsp3) is 0.182. The summed E-state index contributed by atoms with van der Waals surface area (Å²) in [7, 11) is 0. The Hall–Kier alpha value is -2.17. The molecule has 5 nitrogen and oxygen atoms in total. The molecule has 0 fully saturated rings. The van der Waals surface area contributed by atoms with Gasteiger partial charge in [-0.1, -0.05) is 6.07 Å². The Morgan fingerprint density at radius 2 is 2.31 bits per heavy atom. The van der Waals surface area contributed by atoms with Crippen molar-refractivity contribution >= 4 is 5.97 Å². The van der Waals surface area contributed by atoms with Crippen LogP contribution in [0.5, 0.6) is 0 Å². The van der Waals surface area contributed by atoms with Crippen molar-refractivity contribution in [2.75, 3.05) is 0 Å². The second-order valence-electron chi connectivity index (χ2n) is 3.55. The molecule has 2 aromatic rings. The molecule has 82 valence electrons. The molecule has 0 saturated carbocycles. The highest BCUT2D eigenvalue weighted by atomic mass is 16.4. The zero-order valence-electron chi connectivity index (χ0n) is 8.79. The van der Waals surface area contributed by atoms with Crippen LogP contribution in [0.25, 0.3) is 0 Å². The summed E-state index contributed by atoms with van der Waals surface area (Å²) in [4.78, 5) is 14.9. The summed E-state index contributed by atoms with van der Waals surface area (Å²) in [6, 6.07) is 3.44. The molecule has 0 aliphatic heterocycles. The second kappa shape index (κ2) is 4.14. The van der Waals surface area contributed by atoms with Gasteiger partial charge in [0, 0.05) is 18.6 Å². The van der Waals surface area contributed by atoms with E-state index in [9.17, 15) is 4.79 Å². The predicted molar refractivity (Wildman–Crippen MR) is 57.3 cm³/mol. The normalized spacial score (nSPS) is 10.3. The molecule has 1 N–H and O–H groups in total. The lowest BCUT2D eigenvalue weighted by molar-refractivity contribution is 0.0684. The number of carboxylic acid groups (broad SMARTS) is 1. The Morgan fingerprint density at radius 3 is 3.00 bits per heavy atom. The maximum absolute atomic E-state index is 10.9. The van der Waals surface area contributed by atoms with Crippen molar-refractivity contribution < 1.29 is 9.90 Å².